The number of rotatable bonds is 6. The van der Waals surface area contributed by atoms with E-state index in [1.165, 1.54) is 43.0 Å². The molecule has 2 rings (SSSR count). The molecule has 1 aromatic carbocycles. The van der Waals surface area contributed by atoms with Gasteiger partial charge in [-0.15, -0.1) is 0 Å². The zero-order chi connectivity index (χ0) is 18.7. The highest BCUT2D eigenvalue weighted by molar-refractivity contribution is 5.94. The molecule has 25 heavy (non-hydrogen) atoms. The van der Waals surface area contributed by atoms with Gasteiger partial charge in [0.25, 0.3) is 12.1 Å². The van der Waals surface area contributed by atoms with Crippen LogP contribution in [0, 0.1) is 17.0 Å². The Labute approximate surface area is 141 Å². The average Bonchev–Trinajstić information content (AvgIpc) is 2.95. The predicted octanol–water partition coefficient (Wildman–Crippen LogP) is 3.25. The monoisotopic (exact) mass is 354 g/mol. The number of nitrogens with zero attached hydrogens (tertiary/aromatic N) is 3. The van der Waals surface area contributed by atoms with Crippen LogP contribution < -0.4 is 10.1 Å². The van der Waals surface area contributed by atoms with Crippen molar-refractivity contribution in [2.45, 2.75) is 26.3 Å². The van der Waals surface area contributed by atoms with E-state index in [0.29, 0.717) is 5.69 Å². The van der Waals surface area contributed by atoms with Gasteiger partial charge in [0.2, 0.25) is 5.91 Å². The number of halogens is 2. The molecule has 1 aromatic heterocycles. The first-order valence-electron chi connectivity index (χ1n) is 7.21. The van der Waals surface area contributed by atoms with Crippen LogP contribution in [0.4, 0.5) is 20.2 Å². The Hall–Kier alpha value is -3.04. The van der Waals surface area contributed by atoms with Gasteiger partial charge in [-0.3, -0.25) is 19.6 Å². The van der Waals surface area contributed by atoms with Gasteiger partial charge < -0.3 is 10.1 Å². The molecule has 0 aliphatic carbocycles. The SMILES string of the molecule is COc1cc(NC(=O)C(C)n2nc(C(F)F)cc2C)cc([N+](=O)[O-])c1. The number of alkyl halides is 2. The van der Waals surface area contributed by atoms with Crippen LogP contribution in [0.25, 0.3) is 0 Å². The van der Waals surface area contributed by atoms with Crippen LogP contribution in [0.2, 0.25) is 0 Å². The molecule has 1 atom stereocenters. The second kappa shape index (κ2) is 7.24. The molecule has 134 valence electrons. The fraction of sp³-hybridized carbons (Fsp3) is 0.333. The average molecular weight is 354 g/mol. The minimum atomic E-state index is -2.74. The Balaban J connectivity index is 2.24. The zero-order valence-corrected chi connectivity index (χ0v) is 13.7. The smallest absolute Gasteiger partial charge is 0.282 e. The van der Waals surface area contributed by atoms with Crippen molar-refractivity contribution in [2.24, 2.45) is 0 Å². The molecule has 0 saturated heterocycles. The summed E-state index contributed by atoms with van der Waals surface area (Å²) < 4.78 is 31.6. The molecule has 0 bridgehead atoms. The molecule has 1 amide bonds. The fourth-order valence-corrected chi connectivity index (χ4v) is 2.25. The summed E-state index contributed by atoms with van der Waals surface area (Å²) in [6.07, 6.45) is -2.74. The van der Waals surface area contributed by atoms with Crippen molar-refractivity contribution in [1.82, 2.24) is 9.78 Å². The third-order valence-electron chi connectivity index (χ3n) is 3.52. The summed E-state index contributed by atoms with van der Waals surface area (Å²) in [7, 11) is 1.34. The number of non-ortho nitro benzene ring substituents is 1. The van der Waals surface area contributed by atoms with Gasteiger partial charge in [-0.1, -0.05) is 0 Å². The lowest BCUT2D eigenvalue weighted by molar-refractivity contribution is -0.384. The van der Waals surface area contributed by atoms with Gasteiger partial charge in [0, 0.05) is 17.8 Å². The van der Waals surface area contributed by atoms with Crippen molar-refractivity contribution in [3.63, 3.8) is 0 Å². The lowest BCUT2D eigenvalue weighted by Crippen LogP contribution is -2.25. The van der Waals surface area contributed by atoms with Crippen molar-refractivity contribution in [3.05, 3.63) is 45.8 Å². The number of aryl methyl sites for hydroxylation is 1. The largest absolute Gasteiger partial charge is 0.496 e. The Morgan fingerprint density at radius 2 is 2.04 bits per heavy atom. The standard InChI is InChI=1S/C15H16F2N4O4/c1-8-4-13(14(16)17)19-20(8)9(2)15(22)18-10-5-11(21(23)24)7-12(6-10)25-3/h4-7,9,14H,1-3H3,(H,18,22). The third-order valence-corrected chi connectivity index (χ3v) is 3.52. The highest BCUT2D eigenvalue weighted by Gasteiger charge is 2.22. The molecule has 0 spiro atoms. The maximum absolute atomic E-state index is 12.7. The zero-order valence-electron chi connectivity index (χ0n) is 13.7. The second-order valence-electron chi connectivity index (χ2n) is 5.30. The van der Waals surface area contributed by atoms with E-state index in [9.17, 15) is 23.7 Å². The fourth-order valence-electron chi connectivity index (χ4n) is 2.25. The van der Waals surface area contributed by atoms with Gasteiger partial charge >= 0.3 is 0 Å². The van der Waals surface area contributed by atoms with Gasteiger partial charge in [0.1, 0.15) is 17.5 Å². The summed E-state index contributed by atoms with van der Waals surface area (Å²) in [5, 5.41) is 17.2. The Kier molecular flexibility index (Phi) is 5.30. The van der Waals surface area contributed by atoms with Crippen LogP contribution in [0.15, 0.2) is 24.3 Å². The molecule has 0 fully saturated rings. The summed E-state index contributed by atoms with van der Waals surface area (Å²) in [5.41, 5.74) is -0.122. The van der Waals surface area contributed by atoms with E-state index < -0.39 is 29.0 Å². The number of nitro benzene ring substituents is 1. The van der Waals surface area contributed by atoms with E-state index in [2.05, 4.69) is 10.4 Å². The molecule has 0 radical (unpaired) electrons. The number of benzene rings is 1. The van der Waals surface area contributed by atoms with Gasteiger partial charge in [-0.2, -0.15) is 5.10 Å². The van der Waals surface area contributed by atoms with Crippen LogP contribution in [-0.4, -0.2) is 27.7 Å². The quantitative estimate of drug-likeness (QED) is 0.634. The summed E-state index contributed by atoms with van der Waals surface area (Å²) in [4.78, 5) is 22.7. The molecule has 10 heteroatoms. The number of hydrogen-bond acceptors (Lipinski definition) is 5. The first kappa shape index (κ1) is 18.3. The molecular formula is C15H16F2N4O4. The predicted molar refractivity (Wildman–Crippen MR) is 84.9 cm³/mol. The van der Waals surface area contributed by atoms with E-state index >= 15 is 0 Å². The van der Waals surface area contributed by atoms with E-state index in [1.54, 1.807) is 6.92 Å². The molecule has 2 aromatic rings. The number of methoxy groups -OCH3 is 1. The molecule has 0 aliphatic rings. The van der Waals surface area contributed by atoms with Crippen molar-refractivity contribution >= 4 is 17.3 Å². The summed E-state index contributed by atoms with van der Waals surface area (Å²) in [5.74, 6) is -0.359. The number of nitrogens with one attached hydrogen (secondary N) is 1. The number of aromatic nitrogens is 2. The van der Waals surface area contributed by atoms with Crippen molar-refractivity contribution in [1.29, 1.82) is 0 Å². The molecule has 1 N–H and O–H groups in total. The Morgan fingerprint density at radius 1 is 1.36 bits per heavy atom. The van der Waals surface area contributed by atoms with Crippen molar-refractivity contribution in [2.75, 3.05) is 12.4 Å². The Morgan fingerprint density at radius 3 is 2.56 bits per heavy atom. The van der Waals surface area contributed by atoms with Crippen LogP contribution in [-0.2, 0) is 4.79 Å². The first-order chi connectivity index (χ1) is 11.7. The lowest BCUT2D eigenvalue weighted by atomic mass is 10.2. The lowest BCUT2D eigenvalue weighted by Gasteiger charge is -2.15. The topological polar surface area (TPSA) is 99.3 Å². The molecule has 0 saturated carbocycles. The maximum Gasteiger partial charge on any atom is 0.282 e. The van der Waals surface area contributed by atoms with E-state index in [-0.39, 0.29) is 17.1 Å². The van der Waals surface area contributed by atoms with Gasteiger partial charge in [0.05, 0.1) is 23.8 Å². The second-order valence-corrected chi connectivity index (χ2v) is 5.30. The number of carbonyl (C=O) groups is 1. The van der Waals surface area contributed by atoms with Gasteiger partial charge in [-0.05, 0) is 19.9 Å². The van der Waals surface area contributed by atoms with Gasteiger partial charge in [0.15, 0.2) is 0 Å². The number of nitro groups is 1. The summed E-state index contributed by atoms with van der Waals surface area (Å²) in [6.45, 7) is 3.04. The third kappa shape index (κ3) is 4.08. The normalized spacial score (nSPS) is 12.1. The Bertz CT molecular complexity index is 807. The maximum atomic E-state index is 12.7. The first-order valence-corrected chi connectivity index (χ1v) is 7.21. The minimum Gasteiger partial charge on any atom is -0.496 e. The molecule has 1 heterocycles. The minimum absolute atomic E-state index is 0.154. The highest BCUT2D eigenvalue weighted by Crippen LogP contribution is 2.27. The van der Waals surface area contributed by atoms with Crippen LogP contribution in [0.5, 0.6) is 5.75 Å². The van der Waals surface area contributed by atoms with Gasteiger partial charge in [-0.25, -0.2) is 8.78 Å². The van der Waals surface area contributed by atoms with Crippen LogP contribution in [0.3, 0.4) is 0 Å². The number of hydrogen-bond donors (Lipinski definition) is 1. The van der Waals surface area contributed by atoms with E-state index in [1.807, 2.05) is 0 Å². The van der Waals surface area contributed by atoms with E-state index in [0.717, 1.165) is 0 Å². The molecule has 0 aliphatic heterocycles. The molecular weight excluding hydrogens is 338 g/mol. The summed E-state index contributed by atoms with van der Waals surface area (Å²) >= 11 is 0. The van der Waals surface area contributed by atoms with Crippen LogP contribution in [0.1, 0.15) is 30.8 Å². The highest BCUT2D eigenvalue weighted by atomic mass is 19.3. The number of carbonyl (C=O) groups excluding carboxylic acids is 1. The van der Waals surface area contributed by atoms with Crippen molar-refractivity contribution < 1.29 is 23.2 Å². The summed E-state index contributed by atoms with van der Waals surface area (Å²) in [6, 6.07) is 4.11. The number of anilines is 1. The number of ether oxygens (including phenoxy) is 1. The number of amides is 1. The molecule has 1 unspecified atom stereocenters. The van der Waals surface area contributed by atoms with E-state index in [4.69, 9.17) is 4.74 Å². The van der Waals surface area contributed by atoms with Crippen molar-refractivity contribution in [3.8, 4) is 5.75 Å². The van der Waals surface area contributed by atoms with Crippen LogP contribution >= 0.6 is 0 Å². The molecule has 8 nitrogen and oxygen atoms in total.